The maximum Gasteiger partial charge on any atom is 0.255 e. The van der Waals surface area contributed by atoms with Gasteiger partial charge < -0.3 is 15.0 Å². The van der Waals surface area contributed by atoms with Crippen molar-refractivity contribution in [3.63, 3.8) is 0 Å². The number of amides is 2. The molecule has 8 heteroatoms. The number of hydrogen-bond acceptors (Lipinski definition) is 5. The van der Waals surface area contributed by atoms with Crippen molar-refractivity contribution in [2.24, 2.45) is 0 Å². The Morgan fingerprint density at radius 1 is 1.11 bits per heavy atom. The second-order valence-corrected chi connectivity index (χ2v) is 10.5. The van der Waals surface area contributed by atoms with E-state index in [2.05, 4.69) is 16.8 Å². The molecule has 0 saturated carbocycles. The molecule has 0 aliphatic carbocycles. The average molecular weight is 522 g/mol. The van der Waals surface area contributed by atoms with Crippen LogP contribution in [0.3, 0.4) is 0 Å². The number of carbonyl (C=O) groups excluding carboxylic acids is 3. The van der Waals surface area contributed by atoms with Crippen molar-refractivity contribution in [1.29, 1.82) is 0 Å². The Hall–Kier alpha value is -3.00. The van der Waals surface area contributed by atoms with Crippen molar-refractivity contribution < 1.29 is 19.1 Å². The van der Waals surface area contributed by atoms with Gasteiger partial charge in [-0.1, -0.05) is 42.4 Å². The Bertz CT molecular complexity index is 1240. The number of fused-ring (bicyclic) bond motifs is 1. The molecule has 1 unspecified atom stereocenters. The van der Waals surface area contributed by atoms with Gasteiger partial charge in [-0.2, -0.15) is 0 Å². The second-order valence-electron chi connectivity index (χ2n) is 10.1. The van der Waals surface area contributed by atoms with Gasteiger partial charge in [0.2, 0.25) is 5.91 Å². The monoisotopic (exact) mass is 521 g/mol. The minimum Gasteiger partial charge on any atom is -0.379 e. The number of hydrogen-bond donors (Lipinski definition) is 1. The van der Waals surface area contributed by atoms with E-state index in [4.69, 9.17) is 16.3 Å². The normalized spacial score (nSPS) is 20.2. The first-order chi connectivity index (χ1) is 17.9. The lowest BCUT2D eigenvalue weighted by Crippen LogP contribution is -2.49. The molecule has 2 fully saturated rings. The van der Waals surface area contributed by atoms with Gasteiger partial charge in [-0.05, 0) is 53.6 Å². The Balaban J connectivity index is 1.15. The molecule has 1 atom stereocenters. The summed E-state index contributed by atoms with van der Waals surface area (Å²) in [6.45, 7) is 8.31. The van der Waals surface area contributed by atoms with Gasteiger partial charge in [0, 0.05) is 55.3 Å². The highest BCUT2D eigenvalue weighted by Gasteiger charge is 2.38. The van der Waals surface area contributed by atoms with Crippen molar-refractivity contribution >= 4 is 29.2 Å². The van der Waals surface area contributed by atoms with Gasteiger partial charge in [-0.15, -0.1) is 0 Å². The van der Waals surface area contributed by atoms with Crippen molar-refractivity contribution in [1.82, 2.24) is 15.1 Å². The van der Waals surface area contributed by atoms with Crippen LogP contribution in [-0.4, -0.2) is 59.7 Å². The summed E-state index contributed by atoms with van der Waals surface area (Å²) in [7, 11) is 0. The number of ketones is 1. The third-order valence-corrected chi connectivity index (χ3v) is 7.76. The fourth-order valence-electron chi connectivity index (χ4n) is 5.29. The molecule has 0 spiro atoms. The highest BCUT2D eigenvalue weighted by molar-refractivity contribution is 6.31. The lowest BCUT2D eigenvalue weighted by Gasteiger charge is -2.30. The lowest BCUT2D eigenvalue weighted by atomic mass is 9.99. The van der Waals surface area contributed by atoms with Crippen LogP contribution in [0.2, 0.25) is 5.02 Å². The summed E-state index contributed by atoms with van der Waals surface area (Å²) in [5.41, 5.74) is 5.25. The number of nitrogens with zero attached hydrogens (tertiary/aromatic N) is 2. The van der Waals surface area contributed by atoms with Crippen LogP contribution in [0, 0.1) is 0 Å². The van der Waals surface area contributed by atoms with Gasteiger partial charge in [-0.3, -0.25) is 19.3 Å². The van der Waals surface area contributed by atoms with Crippen molar-refractivity contribution in [3.05, 3.63) is 81.5 Å². The van der Waals surface area contributed by atoms with Crippen LogP contribution >= 0.6 is 11.6 Å². The summed E-state index contributed by atoms with van der Waals surface area (Å²) in [6.07, 6.45) is 2.62. The summed E-state index contributed by atoms with van der Waals surface area (Å²) < 4.78 is 5.40. The van der Waals surface area contributed by atoms with Crippen molar-refractivity contribution in [2.75, 3.05) is 26.3 Å². The minimum absolute atomic E-state index is 0.112. The first-order valence-corrected chi connectivity index (χ1v) is 13.3. The molecule has 0 aromatic heterocycles. The molecule has 3 aliphatic heterocycles. The molecule has 7 nitrogen and oxygen atoms in total. The molecule has 194 valence electrons. The number of Topliss-reactive ketones (excluding diaryl/α,β-unsaturated/α-hetero) is 1. The molecular formula is C29H32ClN3O4. The van der Waals surface area contributed by atoms with Crippen LogP contribution in [0.4, 0.5) is 0 Å². The molecule has 2 saturated heterocycles. The Kier molecular flexibility index (Phi) is 7.74. The predicted octanol–water partition coefficient (Wildman–Crippen LogP) is 3.66. The number of allylic oxidation sites excluding steroid dienone is 1. The first kappa shape index (κ1) is 25.6. The average Bonchev–Trinajstić information content (AvgIpc) is 3.20. The maximum atomic E-state index is 12.9. The van der Waals surface area contributed by atoms with Gasteiger partial charge in [-0.25, -0.2) is 0 Å². The van der Waals surface area contributed by atoms with E-state index in [0.29, 0.717) is 54.9 Å². The zero-order chi connectivity index (χ0) is 25.9. The largest absolute Gasteiger partial charge is 0.379 e. The summed E-state index contributed by atoms with van der Waals surface area (Å²) >= 11 is 6.52. The fraction of sp³-hybridized carbons (Fsp3) is 0.414. The third kappa shape index (κ3) is 5.95. The quantitative estimate of drug-likeness (QED) is 0.573. The number of ether oxygens (including phenoxy) is 1. The SMILES string of the molecule is C=C1CCC(N2Cc3cc(CCC(=O)Cc4ccc(CN5CCOCC5)c(Cl)c4)ccc3C2=O)C(=O)N1. The van der Waals surface area contributed by atoms with Crippen LogP contribution in [0.15, 0.2) is 48.7 Å². The van der Waals surface area contributed by atoms with E-state index in [-0.39, 0.29) is 17.6 Å². The summed E-state index contributed by atoms with van der Waals surface area (Å²) in [4.78, 5) is 42.0. The minimum atomic E-state index is -0.470. The lowest BCUT2D eigenvalue weighted by molar-refractivity contribution is -0.126. The van der Waals surface area contributed by atoms with Crippen LogP contribution in [-0.2, 0) is 40.3 Å². The number of piperidine rings is 1. The van der Waals surface area contributed by atoms with Crippen LogP contribution in [0.5, 0.6) is 0 Å². The van der Waals surface area contributed by atoms with Gasteiger partial charge in [0.15, 0.2) is 0 Å². The predicted molar refractivity (Wildman–Crippen MR) is 141 cm³/mol. The smallest absolute Gasteiger partial charge is 0.255 e. The standard InChI is InChI=1S/C29H32ClN3O4/c1-19-2-9-27(28(35)31-19)33-18-23-14-20(5-8-25(23)29(33)36)4-7-24(34)15-21-3-6-22(26(30)16-21)17-32-10-12-37-13-11-32/h3,5-6,8,14,16,27H,1-2,4,7,9-13,15,17-18H2,(H,31,35). The number of halogens is 1. The van der Waals surface area contributed by atoms with E-state index < -0.39 is 6.04 Å². The molecule has 3 heterocycles. The molecule has 37 heavy (non-hydrogen) atoms. The van der Waals surface area contributed by atoms with E-state index >= 15 is 0 Å². The first-order valence-electron chi connectivity index (χ1n) is 12.9. The number of morpholine rings is 1. The molecule has 3 aliphatic rings. The van der Waals surface area contributed by atoms with Crippen LogP contribution in [0.25, 0.3) is 0 Å². The van der Waals surface area contributed by atoms with Crippen molar-refractivity contribution in [2.45, 2.75) is 51.2 Å². The highest BCUT2D eigenvalue weighted by atomic mass is 35.5. The zero-order valence-corrected chi connectivity index (χ0v) is 21.7. The molecule has 2 amide bonds. The Morgan fingerprint density at radius 2 is 1.89 bits per heavy atom. The van der Waals surface area contributed by atoms with E-state index in [1.165, 1.54) is 0 Å². The topological polar surface area (TPSA) is 79.0 Å². The summed E-state index contributed by atoms with van der Waals surface area (Å²) in [5.74, 6) is -0.133. The van der Waals surface area contributed by atoms with E-state index in [1.807, 2.05) is 36.4 Å². The number of benzene rings is 2. The van der Waals surface area contributed by atoms with E-state index in [9.17, 15) is 14.4 Å². The van der Waals surface area contributed by atoms with E-state index in [0.717, 1.165) is 55.1 Å². The molecule has 0 radical (unpaired) electrons. The fourth-order valence-corrected chi connectivity index (χ4v) is 5.56. The summed E-state index contributed by atoms with van der Waals surface area (Å²) in [6, 6.07) is 11.2. The number of rotatable bonds is 8. The van der Waals surface area contributed by atoms with Crippen molar-refractivity contribution in [3.8, 4) is 0 Å². The molecule has 1 N–H and O–H groups in total. The zero-order valence-electron chi connectivity index (χ0n) is 20.9. The highest BCUT2D eigenvalue weighted by Crippen LogP contribution is 2.29. The molecule has 2 aromatic rings. The molecule has 5 rings (SSSR count). The Morgan fingerprint density at radius 3 is 2.65 bits per heavy atom. The second kappa shape index (κ2) is 11.2. The number of aryl methyl sites for hydroxylation is 1. The van der Waals surface area contributed by atoms with Gasteiger partial charge in [0.25, 0.3) is 5.91 Å². The molecule has 2 aromatic carbocycles. The number of carbonyl (C=O) groups is 3. The third-order valence-electron chi connectivity index (χ3n) is 7.41. The molecule has 0 bridgehead atoms. The van der Waals surface area contributed by atoms with Gasteiger partial charge in [0.1, 0.15) is 11.8 Å². The molecular weight excluding hydrogens is 490 g/mol. The van der Waals surface area contributed by atoms with Gasteiger partial charge in [0.05, 0.1) is 13.2 Å². The van der Waals surface area contributed by atoms with Crippen LogP contribution < -0.4 is 5.32 Å². The van der Waals surface area contributed by atoms with E-state index in [1.54, 1.807) is 4.90 Å². The van der Waals surface area contributed by atoms with Crippen LogP contribution in [0.1, 0.15) is 51.9 Å². The summed E-state index contributed by atoms with van der Waals surface area (Å²) in [5, 5.41) is 3.46. The Labute approximate surface area is 222 Å². The van der Waals surface area contributed by atoms with Gasteiger partial charge >= 0.3 is 0 Å². The number of nitrogens with one attached hydrogen (secondary N) is 1. The maximum absolute atomic E-state index is 12.9.